The van der Waals surface area contributed by atoms with Crippen molar-refractivity contribution < 1.29 is 9.53 Å². The monoisotopic (exact) mass is 282 g/mol. The summed E-state index contributed by atoms with van der Waals surface area (Å²) in [7, 11) is 0. The topological polar surface area (TPSA) is 44.1 Å². The first-order valence-electron chi connectivity index (χ1n) is 7.08. The Balaban J connectivity index is 2.27. The molecule has 0 N–H and O–H groups in total. The van der Waals surface area contributed by atoms with E-state index < -0.39 is 0 Å². The van der Waals surface area contributed by atoms with Crippen molar-refractivity contribution in [2.75, 3.05) is 6.61 Å². The fourth-order valence-corrected chi connectivity index (χ4v) is 2.61. The van der Waals surface area contributed by atoms with Gasteiger partial charge in [-0.3, -0.25) is 0 Å². The van der Waals surface area contributed by atoms with Gasteiger partial charge in [-0.05, 0) is 32.1 Å². The standard InChI is InChI=1S/C17H18N2O2/c1-11(2)9-14-15-16(12(3)10-21-17(15)20)19(18-14)13-7-5-4-6-8-13/h4-9,12H,10H2,1-3H3. The average molecular weight is 282 g/mol. The Morgan fingerprint density at radius 2 is 2.05 bits per heavy atom. The van der Waals surface area contributed by atoms with Crippen LogP contribution in [0.25, 0.3) is 11.8 Å². The molecule has 2 heterocycles. The van der Waals surface area contributed by atoms with Crippen molar-refractivity contribution in [1.29, 1.82) is 0 Å². The molecule has 1 aliphatic rings. The molecule has 108 valence electrons. The van der Waals surface area contributed by atoms with Gasteiger partial charge < -0.3 is 4.74 Å². The van der Waals surface area contributed by atoms with Crippen molar-refractivity contribution in [2.45, 2.75) is 26.7 Å². The molecule has 2 aromatic rings. The van der Waals surface area contributed by atoms with Crippen LogP contribution in [0.2, 0.25) is 0 Å². The molecule has 0 saturated heterocycles. The van der Waals surface area contributed by atoms with Gasteiger partial charge in [0.15, 0.2) is 0 Å². The lowest BCUT2D eigenvalue weighted by molar-refractivity contribution is 0.0445. The third-order valence-corrected chi connectivity index (χ3v) is 3.51. The number of hydrogen-bond acceptors (Lipinski definition) is 3. The van der Waals surface area contributed by atoms with Gasteiger partial charge in [-0.15, -0.1) is 0 Å². The van der Waals surface area contributed by atoms with Crippen LogP contribution in [0, 0.1) is 0 Å². The molecule has 0 saturated carbocycles. The smallest absolute Gasteiger partial charge is 0.342 e. The van der Waals surface area contributed by atoms with Crippen LogP contribution < -0.4 is 0 Å². The Kier molecular flexibility index (Phi) is 3.37. The van der Waals surface area contributed by atoms with E-state index in [9.17, 15) is 4.79 Å². The summed E-state index contributed by atoms with van der Waals surface area (Å²) in [5.41, 5.74) is 4.28. The molecule has 0 fully saturated rings. The Bertz CT molecular complexity index is 710. The van der Waals surface area contributed by atoms with Gasteiger partial charge in [0.05, 0.1) is 18.0 Å². The molecule has 0 amide bonds. The SMILES string of the molecule is CC(C)=Cc1nn(-c2ccccc2)c2c1C(=O)OCC2C. The van der Waals surface area contributed by atoms with Gasteiger partial charge in [0, 0.05) is 5.92 Å². The number of carbonyl (C=O) groups excluding carboxylic acids is 1. The summed E-state index contributed by atoms with van der Waals surface area (Å²) in [6, 6.07) is 9.89. The van der Waals surface area contributed by atoms with E-state index in [1.807, 2.05) is 54.9 Å². The molecular weight excluding hydrogens is 264 g/mol. The van der Waals surface area contributed by atoms with Crippen LogP contribution in [0.3, 0.4) is 0 Å². The first-order chi connectivity index (χ1) is 10.1. The predicted octanol–water partition coefficient (Wildman–Crippen LogP) is 3.57. The summed E-state index contributed by atoms with van der Waals surface area (Å²) in [6.45, 7) is 6.44. The van der Waals surface area contributed by atoms with Crippen molar-refractivity contribution >= 4 is 12.0 Å². The van der Waals surface area contributed by atoms with E-state index >= 15 is 0 Å². The molecule has 4 heteroatoms. The Morgan fingerprint density at radius 3 is 2.71 bits per heavy atom. The highest BCUT2D eigenvalue weighted by Gasteiger charge is 2.32. The molecule has 1 unspecified atom stereocenters. The molecule has 1 atom stereocenters. The van der Waals surface area contributed by atoms with Crippen molar-refractivity contribution in [3.8, 4) is 5.69 Å². The van der Waals surface area contributed by atoms with E-state index in [2.05, 4.69) is 12.0 Å². The molecule has 21 heavy (non-hydrogen) atoms. The van der Waals surface area contributed by atoms with Crippen molar-refractivity contribution in [2.24, 2.45) is 0 Å². The third kappa shape index (κ3) is 2.37. The van der Waals surface area contributed by atoms with E-state index in [4.69, 9.17) is 4.74 Å². The van der Waals surface area contributed by atoms with Gasteiger partial charge in [0.2, 0.25) is 0 Å². The summed E-state index contributed by atoms with van der Waals surface area (Å²) >= 11 is 0. The second-order valence-electron chi connectivity index (χ2n) is 5.61. The summed E-state index contributed by atoms with van der Waals surface area (Å²) < 4.78 is 7.14. The van der Waals surface area contributed by atoms with Gasteiger partial charge in [0.25, 0.3) is 0 Å². The van der Waals surface area contributed by atoms with E-state index in [1.54, 1.807) is 0 Å². The number of aromatic nitrogens is 2. The van der Waals surface area contributed by atoms with Crippen LogP contribution in [-0.2, 0) is 4.74 Å². The molecule has 1 aliphatic heterocycles. The van der Waals surface area contributed by atoms with Crippen LogP contribution in [0.15, 0.2) is 35.9 Å². The molecule has 0 radical (unpaired) electrons. The highest BCUT2D eigenvalue weighted by molar-refractivity contribution is 5.95. The maximum atomic E-state index is 12.2. The van der Waals surface area contributed by atoms with Crippen molar-refractivity contribution in [3.63, 3.8) is 0 Å². The predicted molar refractivity (Wildman–Crippen MR) is 81.6 cm³/mol. The van der Waals surface area contributed by atoms with Crippen molar-refractivity contribution in [3.05, 3.63) is 52.9 Å². The quantitative estimate of drug-likeness (QED) is 0.791. The number of hydrogen-bond donors (Lipinski definition) is 0. The van der Waals surface area contributed by atoms with E-state index in [1.165, 1.54) is 0 Å². The summed E-state index contributed by atoms with van der Waals surface area (Å²) in [5.74, 6) is -0.150. The highest BCUT2D eigenvalue weighted by atomic mass is 16.5. The lowest BCUT2D eigenvalue weighted by Crippen LogP contribution is -2.22. The molecule has 0 bridgehead atoms. The number of rotatable bonds is 2. The van der Waals surface area contributed by atoms with E-state index in [-0.39, 0.29) is 11.9 Å². The second-order valence-corrected chi connectivity index (χ2v) is 5.61. The number of ether oxygens (including phenoxy) is 1. The Morgan fingerprint density at radius 1 is 1.33 bits per heavy atom. The summed E-state index contributed by atoms with van der Waals surface area (Å²) in [5, 5.41) is 4.64. The number of para-hydroxylation sites is 1. The zero-order valence-corrected chi connectivity index (χ0v) is 12.5. The minimum atomic E-state index is -0.280. The van der Waals surface area contributed by atoms with Gasteiger partial charge in [-0.1, -0.05) is 30.7 Å². The third-order valence-electron chi connectivity index (χ3n) is 3.51. The first kappa shape index (κ1) is 13.6. The van der Waals surface area contributed by atoms with E-state index in [0.29, 0.717) is 17.9 Å². The van der Waals surface area contributed by atoms with Crippen molar-refractivity contribution in [1.82, 2.24) is 9.78 Å². The van der Waals surface area contributed by atoms with Crippen LogP contribution in [0.4, 0.5) is 0 Å². The maximum Gasteiger partial charge on any atom is 0.342 e. The fraction of sp³-hybridized carbons (Fsp3) is 0.294. The summed E-state index contributed by atoms with van der Waals surface area (Å²) in [4.78, 5) is 12.2. The highest BCUT2D eigenvalue weighted by Crippen LogP contribution is 2.31. The minimum Gasteiger partial charge on any atom is -0.461 e. The Labute approximate surface area is 124 Å². The van der Waals surface area contributed by atoms with Gasteiger partial charge in [-0.25, -0.2) is 9.48 Å². The fourth-order valence-electron chi connectivity index (χ4n) is 2.61. The largest absolute Gasteiger partial charge is 0.461 e. The number of carbonyl (C=O) groups is 1. The molecule has 1 aromatic carbocycles. The molecular formula is C17H18N2O2. The zero-order valence-electron chi connectivity index (χ0n) is 12.5. The van der Waals surface area contributed by atoms with Crippen LogP contribution in [0.1, 0.15) is 48.4 Å². The van der Waals surface area contributed by atoms with Gasteiger partial charge in [0.1, 0.15) is 11.3 Å². The molecule has 4 nitrogen and oxygen atoms in total. The van der Waals surface area contributed by atoms with Crippen LogP contribution >= 0.6 is 0 Å². The maximum absolute atomic E-state index is 12.2. The Hall–Kier alpha value is -2.36. The number of fused-ring (bicyclic) bond motifs is 1. The second kappa shape index (κ2) is 5.20. The average Bonchev–Trinajstić information content (AvgIpc) is 2.84. The summed E-state index contributed by atoms with van der Waals surface area (Å²) in [6.07, 6.45) is 1.93. The number of esters is 1. The number of benzene rings is 1. The zero-order chi connectivity index (χ0) is 15.0. The lowest BCUT2D eigenvalue weighted by atomic mass is 9.99. The molecule has 0 spiro atoms. The lowest BCUT2D eigenvalue weighted by Gasteiger charge is -2.20. The molecule has 0 aliphatic carbocycles. The molecule has 1 aromatic heterocycles. The first-order valence-corrected chi connectivity index (χ1v) is 7.08. The van der Waals surface area contributed by atoms with E-state index in [0.717, 1.165) is 17.0 Å². The number of nitrogens with zero attached hydrogens (tertiary/aromatic N) is 2. The van der Waals surface area contributed by atoms with Gasteiger partial charge in [-0.2, -0.15) is 5.10 Å². The normalized spacial score (nSPS) is 17.1. The van der Waals surface area contributed by atoms with Gasteiger partial charge >= 0.3 is 5.97 Å². The number of cyclic esters (lactones) is 1. The van der Waals surface area contributed by atoms with Crippen LogP contribution in [-0.4, -0.2) is 22.4 Å². The minimum absolute atomic E-state index is 0.129. The molecule has 3 rings (SSSR count). The number of allylic oxidation sites excluding steroid dienone is 1. The van der Waals surface area contributed by atoms with Crippen LogP contribution in [0.5, 0.6) is 0 Å².